The molecule has 2 aliphatic rings. The number of aromatic nitrogens is 2. The number of nitrogens with zero attached hydrogens (tertiary/aromatic N) is 4. The van der Waals surface area contributed by atoms with Crippen LogP contribution in [0.5, 0.6) is 11.5 Å². The van der Waals surface area contributed by atoms with Crippen molar-refractivity contribution in [3.63, 3.8) is 0 Å². The molecule has 0 unspecified atom stereocenters. The summed E-state index contributed by atoms with van der Waals surface area (Å²) in [6.45, 7) is 5.14. The van der Waals surface area contributed by atoms with Crippen LogP contribution in [0.2, 0.25) is 5.02 Å². The number of carbonyl (C=O) groups is 2. The van der Waals surface area contributed by atoms with Gasteiger partial charge in [0.2, 0.25) is 11.8 Å². The fourth-order valence-corrected chi connectivity index (χ4v) is 4.96. The molecule has 0 saturated carbocycles. The van der Waals surface area contributed by atoms with Gasteiger partial charge in [0.25, 0.3) is 0 Å². The maximum Gasteiger partial charge on any atom is 0.242 e. The molecular weight excluding hydrogens is 536 g/mol. The maximum absolute atomic E-state index is 13.2. The van der Waals surface area contributed by atoms with E-state index in [1.807, 2.05) is 6.07 Å². The van der Waals surface area contributed by atoms with Crippen LogP contribution in [0.3, 0.4) is 0 Å². The van der Waals surface area contributed by atoms with Gasteiger partial charge >= 0.3 is 0 Å². The van der Waals surface area contributed by atoms with Gasteiger partial charge in [-0.15, -0.1) is 0 Å². The number of carbonyl (C=O) groups excluding carboxylic acids is 2. The molecule has 1 fully saturated rings. The van der Waals surface area contributed by atoms with Crippen LogP contribution < -0.4 is 20.1 Å². The third-order valence-corrected chi connectivity index (χ3v) is 7.24. The average molecular weight is 569 g/mol. The Balaban J connectivity index is 1.44. The average Bonchev–Trinajstić information content (AvgIpc) is 2.97. The molecule has 12 heteroatoms. The number of anilines is 2. The van der Waals surface area contributed by atoms with E-state index in [-0.39, 0.29) is 24.8 Å². The van der Waals surface area contributed by atoms with E-state index >= 15 is 0 Å². The molecule has 1 aromatic heterocycles. The number of halogens is 1. The highest BCUT2D eigenvalue weighted by molar-refractivity contribution is 6.31. The number of amides is 2. The molecule has 11 nitrogen and oxygen atoms in total. The highest BCUT2D eigenvalue weighted by Crippen LogP contribution is 2.35. The number of hydrogen-bond acceptors (Lipinski definition) is 9. The number of ether oxygens (including phenoxy) is 3. The number of morpholine rings is 1. The Hall–Kier alpha value is -3.67. The van der Waals surface area contributed by atoms with Crippen LogP contribution in [0, 0.1) is 0 Å². The summed E-state index contributed by atoms with van der Waals surface area (Å²) in [4.78, 5) is 39.0. The van der Waals surface area contributed by atoms with Crippen molar-refractivity contribution in [1.82, 2.24) is 25.1 Å². The summed E-state index contributed by atoms with van der Waals surface area (Å²) in [5.74, 6) is 1.23. The van der Waals surface area contributed by atoms with Gasteiger partial charge in [-0.1, -0.05) is 17.7 Å². The van der Waals surface area contributed by atoms with Gasteiger partial charge in [-0.3, -0.25) is 14.5 Å². The van der Waals surface area contributed by atoms with E-state index in [2.05, 4.69) is 25.5 Å². The number of benzene rings is 2. The van der Waals surface area contributed by atoms with Crippen molar-refractivity contribution in [2.45, 2.75) is 12.8 Å². The fraction of sp³-hybridized carbons (Fsp3) is 0.429. The van der Waals surface area contributed by atoms with Gasteiger partial charge in [0.1, 0.15) is 12.1 Å². The molecule has 3 heterocycles. The molecule has 40 heavy (non-hydrogen) atoms. The molecule has 2 aromatic carbocycles. The minimum atomic E-state index is -0.265. The number of fused-ring (bicyclic) bond motifs is 2. The summed E-state index contributed by atoms with van der Waals surface area (Å²) in [6.07, 6.45) is 2.12. The molecule has 5 rings (SSSR count). The molecule has 0 aliphatic carbocycles. The first-order valence-electron chi connectivity index (χ1n) is 13.4. The van der Waals surface area contributed by atoms with Crippen LogP contribution in [-0.2, 0) is 20.7 Å². The Bertz CT molecular complexity index is 1370. The Morgan fingerprint density at radius 2 is 1.90 bits per heavy atom. The summed E-state index contributed by atoms with van der Waals surface area (Å²) >= 11 is 6.30. The quantitative estimate of drug-likeness (QED) is 0.489. The second-order valence-electron chi connectivity index (χ2n) is 9.66. The summed E-state index contributed by atoms with van der Waals surface area (Å²) < 4.78 is 17.1. The molecule has 212 valence electrons. The van der Waals surface area contributed by atoms with Crippen LogP contribution in [0.4, 0.5) is 11.5 Å². The molecule has 0 atom stereocenters. The van der Waals surface area contributed by atoms with E-state index in [1.54, 1.807) is 36.3 Å². The third-order valence-electron chi connectivity index (χ3n) is 7.01. The minimum Gasteiger partial charge on any atom is -0.493 e. The molecule has 2 N–H and O–H groups in total. The smallest absolute Gasteiger partial charge is 0.242 e. The van der Waals surface area contributed by atoms with Crippen LogP contribution in [0.25, 0.3) is 10.9 Å². The van der Waals surface area contributed by atoms with Gasteiger partial charge in [0.15, 0.2) is 11.5 Å². The zero-order valence-electron chi connectivity index (χ0n) is 22.5. The molecule has 1 saturated heterocycles. The first kappa shape index (κ1) is 27.9. The van der Waals surface area contributed by atoms with E-state index in [9.17, 15) is 9.59 Å². The number of rotatable bonds is 4. The zero-order chi connectivity index (χ0) is 27.9. The van der Waals surface area contributed by atoms with Gasteiger partial charge in [0, 0.05) is 54.9 Å². The lowest BCUT2D eigenvalue weighted by Gasteiger charge is -2.30. The van der Waals surface area contributed by atoms with Crippen molar-refractivity contribution < 1.29 is 23.8 Å². The molecule has 2 aliphatic heterocycles. The summed E-state index contributed by atoms with van der Waals surface area (Å²) in [5.41, 5.74) is 2.00. The van der Waals surface area contributed by atoms with E-state index in [1.165, 1.54) is 6.33 Å². The van der Waals surface area contributed by atoms with Crippen molar-refractivity contribution in [2.75, 3.05) is 71.5 Å². The van der Waals surface area contributed by atoms with Gasteiger partial charge in [-0.05, 0) is 30.2 Å². The Morgan fingerprint density at radius 3 is 2.73 bits per heavy atom. The second kappa shape index (κ2) is 13.1. The molecule has 0 radical (unpaired) electrons. The lowest BCUT2D eigenvalue weighted by molar-refractivity contribution is -0.133. The summed E-state index contributed by atoms with van der Waals surface area (Å²) in [7, 11) is 1.58. The molecule has 2 amide bonds. The van der Waals surface area contributed by atoms with Crippen molar-refractivity contribution in [2.24, 2.45) is 0 Å². The second-order valence-corrected chi connectivity index (χ2v) is 10.1. The maximum atomic E-state index is 13.2. The SMILES string of the molecule is COc1cc2ncnc3c2cc1OCCCN(CCN1CCOCC1)C(=O)CNC(=O)Cc1ccc(Cl)cc1N3. The Labute approximate surface area is 237 Å². The van der Waals surface area contributed by atoms with Gasteiger partial charge < -0.3 is 29.7 Å². The first-order chi connectivity index (χ1) is 19.5. The molecule has 3 aromatic rings. The van der Waals surface area contributed by atoms with Crippen LogP contribution in [0.15, 0.2) is 36.7 Å². The first-order valence-corrected chi connectivity index (χ1v) is 13.7. The van der Waals surface area contributed by atoms with Crippen molar-refractivity contribution >= 4 is 45.8 Å². The Morgan fingerprint density at radius 1 is 1.05 bits per heavy atom. The number of nitrogens with one attached hydrogen (secondary N) is 2. The minimum absolute atomic E-state index is 0.0613. The van der Waals surface area contributed by atoms with E-state index in [0.29, 0.717) is 78.4 Å². The molecular formula is C28H33ClN6O5. The highest BCUT2D eigenvalue weighted by Gasteiger charge is 2.19. The highest BCUT2D eigenvalue weighted by atomic mass is 35.5. The predicted octanol–water partition coefficient (Wildman–Crippen LogP) is 2.64. The summed E-state index contributed by atoms with van der Waals surface area (Å²) in [6, 6.07) is 8.90. The van der Waals surface area contributed by atoms with Crippen molar-refractivity contribution in [3.8, 4) is 11.5 Å². The monoisotopic (exact) mass is 568 g/mol. The molecule has 2 bridgehead atoms. The van der Waals surface area contributed by atoms with Crippen LogP contribution in [-0.4, -0.2) is 97.8 Å². The van der Waals surface area contributed by atoms with Crippen LogP contribution in [0.1, 0.15) is 12.0 Å². The van der Waals surface area contributed by atoms with E-state index < -0.39 is 0 Å². The lowest BCUT2D eigenvalue weighted by Crippen LogP contribution is -2.46. The topological polar surface area (TPSA) is 118 Å². The largest absolute Gasteiger partial charge is 0.493 e. The normalized spacial score (nSPS) is 17.5. The van der Waals surface area contributed by atoms with E-state index in [4.69, 9.17) is 25.8 Å². The van der Waals surface area contributed by atoms with Crippen molar-refractivity contribution in [3.05, 3.63) is 47.2 Å². The van der Waals surface area contributed by atoms with E-state index in [0.717, 1.165) is 25.0 Å². The predicted molar refractivity (Wildman–Crippen MR) is 151 cm³/mol. The number of hydrogen-bond donors (Lipinski definition) is 2. The Kier molecular flexibility index (Phi) is 9.15. The molecule has 0 spiro atoms. The standard InChI is InChI=1S/C28H33ClN6O5/c1-38-24-16-23-21-15-25(24)40-10-2-5-35(7-6-34-8-11-39-12-9-34)27(37)17-30-26(36)13-19-3-4-20(29)14-22(19)33-28(21)32-18-31-23/h3-4,14-16,18H,2,5-13,17H2,1H3,(H,30,36)(H,31,32,33). The lowest BCUT2D eigenvalue weighted by atomic mass is 10.1. The third kappa shape index (κ3) is 6.90. The summed E-state index contributed by atoms with van der Waals surface area (Å²) in [5, 5.41) is 7.34. The van der Waals surface area contributed by atoms with Crippen molar-refractivity contribution in [1.29, 1.82) is 0 Å². The zero-order valence-corrected chi connectivity index (χ0v) is 23.2. The van der Waals surface area contributed by atoms with Gasteiger partial charge in [0.05, 0.1) is 45.4 Å². The fourth-order valence-electron chi connectivity index (χ4n) is 4.79. The van der Waals surface area contributed by atoms with Gasteiger partial charge in [-0.2, -0.15) is 0 Å². The van der Waals surface area contributed by atoms with Gasteiger partial charge in [-0.25, -0.2) is 9.97 Å². The van der Waals surface area contributed by atoms with Crippen LogP contribution >= 0.6 is 11.6 Å². The number of methoxy groups -OCH3 is 1.